The molecule has 17 heavy (non-hydrogen) atoms. The topological polar surface area (TPSA) is 50.9 Å². The van der Waals surface area contributed by atoms with Crippen molar-refractivity contribution < 1.29 is 0 Å². The van der Waals surface area contributed by atoms with Gasteiger partial charge in [-0.1, -0.05) is 0 Å². The summed E-state index contributed by atoms with van der Waals surface area (Å²) in [7, 11) is 0. The van der Waals surface area contributed by atoms with Crippen LogP contribution >= 0.6 is 25.3 Å². The summed E-state index contributed by atoms with van der Waals surface area (Å²) in [5.74, 6) is 2.43. The monoisotopic (exact) mass is 269 g/mol. The molecule has 2 N–H and O–H groups in total. The molecule has 94 valence electrons. The summed E-state index contributed by atoms with van der Waals surface area (Å²) in [6, 6.07) is 0. The van der Waals surface area contributed by atoms with E-state index in [2.05, 4.69) is 25.3 Å². The average Bonchev–Trinajstić information content (AvgIpc) is 2.11. The minimum atomic E-state index is -0.00752. The van der Waals surface area contributed by atoms with Gasteiger partial charge in [0.05, 0.1) is 0 Å². The van der Waals surface area contributed by atoms with Crippen molar-refractivity contribution in [3.63, 3.8) is 0 Å². The van der Waals surface area contributed by atoms with Gasteiger partial charge in [-0.15, -0.1) is 25.3 Å². The van der Waals surface area contributed by atoms with Crippen LogP contribution in [0.1, 0.15) is 38.5 Å². The molecule has 4 rings (SSSR count). The summed E-state index contributed by atoms with van der Waals surface area (Å²) >= 11 is 8.34. The zero-order valence-electron chi connectivity index (χ0n) is 9.82. The van der Waals surface area contributed by atoms with Gasteiger partial charge in [-0.25, -0.2) is 0 Å². The van der Waals surface area contributed by atoms with Crippen LogP contribution in [0.25, 0.3) is 0 Å². The molecule has 4 bridgehead atoms. The van der Waals surface area contributed by atoms with Crippen LogP contribution in [0.5, 0.6) is 0 Å². The van der Waals surface area contributed by atoms with E-state index in [9.17, 15) is 0 Å². The maximum absolute atomic E-state index is 7.82. The van der Waals surface area contributed by atoms with Crippen LogP contribution in [0.4, 0.5) is 0 Å². The Morgan fingerprint density at radius 3 is 1.53 bits per heavy atom. The third-order valence-corrected chi connectivity index (χ3v) is 5.30. The second kappa shape index (κ2) is 3.92. The van der Waals surface area contributed by atoms with Gasteiger partial charge in [0.25, 0.3) is 0 Å². The maximum atomic E-state index is 7.82. The number of thiol groups is 2. The first kappa shape index (κ1) is 11.9. The SMILES string of the molecule is N=C(S)N(C(=N)S)C12CC3CC(CC(C3)C1)C2. The summed E-state index contributed by atoms with van der Waals surface area (Å²) < 4.78 is 0. The maximum Gasteiger partial charge on any atom is 0.159 e. The second-order valence-electron chi connectivity index (χ2n) is 6.12. The van der Waals surface area contributed by atoms with Crippen LogP contribution in [0.15, 0.2) is 0 Å². The van der Waals surface area contributed by atoms with Gasteiger partial charge in [-0.2, -0.15) is 0 Å². The molecule has 0 radical (unpaired) electrons. The highest BCUT2D eigenvalue weighted by Crippen LogP contribution is 2.58. The lowest BCUT2D eigenvalue weighted by atomic mass is 9.52. The van der Waals surface area contributed by atoms with Crippen molar-refractivity contribution in [2.75, 3.05) is 0 Å². The molecule has 0 atom stereocenters. The summed E-state index contributed by atoms with van der Waals surface area (Å²) in [4.78, 5) is 1.77. The van der Waals surface area contributed by atoms with Crippen LogP contribution in [0, 0.1) is 28.6 Å². The third-order valence-electron chi connectivity index (χ3n) is 4.90. The zero-order valence-corrected chi connectivity index (χ0v) is 11.6. The van der Waals surface area contributed by atoms with Gasteiger partial charge in [-0.05, 0) is 56.3 Å². The first-order valence-electron chi connectivity index (χ1n) is 6.35. The van der Waals surface area contributed by atoms with Crippen LogP contribution in [-0.2, 0) is 0 Å². The molecule has 0 aromatic rings. The molecule has 0 aliphatic heterocycles. The number of rotatable bonds is 1. The fourth-order valence-corrected chi connectivity index (χ4v) is 5.59. The molecule has 4 saturated carbocycles. The summed E-state index contributed by atoms with van der Waals surface area (Å²) in [5, 5.41) is 16.0. The fraction of sp³-hybridized carbons (Fsp3) is 0.833. The third kappa shape index (κ3) is 1.82. The molecule has 4 aliphatic rings. The van der Waals surface area contributed by atoms with Gasteiger partial charge in [0, 0.05) is 5.54 Å². The van der Waals surface area contributed by atoms with Crippen molar-refractivity contribution in [3.05, 3.63) is 0 Å². The Kier molecular flexibility index (Phi) is 2.74. The average molecular weight is 269 g/mol. The van der Waals surface area contributed by atoms with Gasteiger partial charge < -0.3 is 0 Å². The van der Waals surface area contributed by atoms with E-state index < -0.39 is 0 Å². The van der Waals surface area contributed by atoms with E-state index in [4.69, 9.17) is 10.8 Å². The van der Waals surface area contributed by atoms with E-state index in [1.807, 2.05) is 0 Å². The number of nitrogens with zero attached hydrogens (tertiary/aromatic N) is 1. The van der Waals surface area contributed by atoms with Crippen LogP contribution < -0.4 is 0 Å². The number of nitrogens with one attached hydrogen (secondary N) is 2. The summed E-state index contributed by atoms with van der Waals surface area (Å²) in [6.45, 7) is 0. The first-order valence-corrected chi connectivity index (χ1v) is 7.25. The minimum Gasteiger partial charge on any atom is -0.295 e. The zero-order chi connectivity index (χ0) is 12.2. The van der Waals surface area contributed by atoms with Crippen LogP contribution in [0.2, 0.25) is 0 Å². The van der Waals surface area contributed by atoms with Gasteiger partial charge in [0.15, 0.2) is 10.3 Å². The fourth-order valence-electron chi connectivity index (χ4n) is 4.89. The lowest BCUT2D eigenvalue weighted by Gasteiger charge is -2.60. The molecule has 3 nitrogen and oxygen atoms in total. The Labute approximate surface area is 113 Å². The van der Waals surface area contributed by atoms with E-state index >= 15 is 0 Å². The standard InChI is InChI=1S/C12H19N3S2/c13-10(16)15(11(14)17)12-4-7-1-8(5-12)3-9(2-7)6-12/h7-9H,1-6H2,(H2,13,16)(H2,14,17). The molecule has 0 aromatic carbocycles. The van der Waals surface area contributed by atoms with Crippen LogP contribution in [-0.4, -0.2) is 20.8 Å². The Bertz CT molecular complexity index is 331. The molecule has 0 saturated heterocycles. The molecule has 0 unspecified atom stereocenters. The lowest BCUT2D eigenvalue weighted by Crippen LogP contribution is -2.61. The van der Waals surface area contributed by atoms with Crippen LogP contribution in [0.3, 0.4) is 0 Å². The van der Waals surface area contributed by atoms with E-state index in [0.29, 0.717) is 0 Å². The molecule has 0 amide bonds. The van der Waals surface area contributed by atoms with Crippen molar-refractivity contribution >= 4 is 35.6 Å². The Morgan fingerprint density at radius 2 is 1.24 bits per heavy atom. The quantitative estimate of drug-likeness (QED) is 0.330. The normalized spacial score (nSPS) is 42.6. The molecule has 4 aliphatic carbocycles. The Hall–Kier alpha value is -0.160. The van der Waals surface area contributed by atoms with Crippen molar-refractivity contribution in [1.82, 2.24) is 4.90 Å². The Morgan fingerprint density at radius 1 is 0.882 bits per heavy atom. The number of hydrogen-bond acceptors (Lipinski definition) is 2. The van der Waals surface area contributed by atoms with Crippen molar-refractivity contribution in [2.24, 2.45) is 17.8 Å². The number of amidine groups is 2. The van der Waals surface area contributed by atoms with E-state index in [0.717, 1.165) is 37.0 Å². The predicted octanol–water partition coefficient (Wildman–Crippen LogP) is 2.99. The van der Waals surface area contributed by atoms with E-state index in [1.54, 1.807) is 4.90 Å². The molecule has 0 spiro atoms. The molecule has 0 heterocycles. The summed E-state index contributed by atoms with van der Waals surface area (Å²) in [5.41, 5.74) is -0.00752. The molecule has 0 aromatic heterocycles. The molecule has 4 fully saturated rings. The smallest absolute Gasteiger partial charge is 0.159 e. The predicted molar refractivity (Wildman–Crippen MR) is 76.2 cm³/mol. The van der Waals surface area contributed by atoms with E-state index in [-0.39, 0.29) is 15.9 Å². The van der Waals surface area contributed by atoms with Crippen molar-refractivity contribution in [1.29, 1.82) is 10.8 Å². The lowest BCUT2D eigenvalue weighted by molar-refractivity contribution is -0.0408. The van der Waals surface area contributed by atoms with Crippen molar-refractivity contribution in [2.45, 2.75) is 44.1 Å². The van der Waals surface area contributed by atoms with Gasteiger partial charge in [0.2, 0.25) is 0 Å². The Balaban J connectivity index is 1.95. The molecular formula is C12H19N3S2. The summed E-state index contributed by atoms with van der Waals surface area (Å²) in [6.07, 6.45) is 7.49. The van der Waals surface area contributed by atoms with E-state index in [1.165, 1.54) is 19.3 Å². The first-order chi connectivity index (χ1) is 8.00. The number of hydrogen-bond donors (Lipinski definition) is 4. The highest BCUT2D eigenvalue weighted by Gasteiger charge is 2.54. The van der Waals surface area contributed by atoms with Gasteiger partial charge in [0.1, 0.15) is 0 Å². The van der Waals surface area contributed by atoms with Crippen molar-refractivity contribution in [3.8, 4) is 0 Å². The molecule has 5 heteroatoms. The largest absolute Gasteiger partial charge is 0.295 e. The second-order valence-corrected chi connectivity index (χ2v) is 6.97. The van der Waals surface area contributed by atoms with Gasteiger partial charge >= 0.3 is 0 Å². The minimum absolute atomic E-state index is 0.00752. The highest BCUT2D eigenvalue weighted by atomic mass is 32.1. The molecular weight excluding hydrogens is 250 g/mol. The van der Waals surface area contributed by atoms with Gasteiger partial charge in [-0.3, -0.25) is 15.7 Å². The highest BCUT2D eigenvalue weighted by molar-refractivity contribution is 7.98.